The van der Waals surface area contributed by atoms with Crippen molar-refractivity contribution in [1.82, 2.24) is 4.90 Å². The lowest BCUT2D eigenvalue weighted by Crippen LogP contribution is -2.16. The molecule has 0 radical (unpaired) electrons. The molecule has 1 N–H and O–H groups in total. The van der Waals surface area contributed by atoms with Gasteiger partial charge in [0.15, 0.2) is 11.5 Å². The van der Waals surface area contributed by atoms with Gasteiger partial charge < -0.3 is 14.7 Å². The molecule has 1 aromatic rings. The summed E-state index contributed by atoms with van der Waals surface area (Å²) in [4.78, 5) is 2.14. The topological polar surface area (TPSA) is 32.7 Å². The molecule has 1 aromatic carbocycles. The lowest BCUT2D eigenvalue weighted by molar-refractivity contribution is 0.342. The lowest BCUT2D eigenvalue weighted by Gasteiger charge is -2.15. The van der Waals surface area contributed by atoms with E-state index in [9.17, 15) is 5.11 Å². The fourth-order valence-electron chi connectivity index (χ4n) is 1.30. The largest absolute Gasteiger partial charge is 0.503 e. The van der Waals surface area contributed by atoms with Crippen molar-refractivity contribution < 1.29 is 9.84 Å². The quantitative estimate of drug-likeness (QED) is 0.861. The van der Waals surface area contributed by atoms with Crippen LogP contribution in [0.25, 0.3) is 0 Å². The maximum atomic E-state index is 9.54. The van der Waals surface area contributed by atoms with Crippen LogP contribution in [-0.4, -0.2) is 30.7 Å². The lowest BCUT2D eigenvalue weighted by atomic mass is 10.2. The van der Waals surface area contributed by atoms with Crippen LogP contribution in [0.5, 0.6) is 11.5 Å². The predicted molar refractivity (Wildman–Crippen MR) is 61.7 cm³/mol. The van der Waals surface area contributed by atoms with Crippen molar-refractivity contribution in [1.29, 1.82) is 0 Å². The van der Waals surface area contributed by atoms with Crippen molar-refractivity contribution >= 4 is 11.6 Å². The third-order valence-electron chi connectivity index (χ3n) is 2.30. The summed E-state index contributed by atoms with van der Waals surface area (Å²) in [5, 5.41) is 9.87. The molecular weight excluding hydrogens is 214 g/mol. The SMILES string of the molecule is CCN(C)Cc1cc(Cl)c(O)c(OC)c1. The molecular formula is C11H16ClNO2. The summed E-state index contributed by atoms with van der Waals surface area (Å²) < 4.78 is 5.03. The smallest absolute Gasteiger partial charge is 0.176 e. The second kappa shape index (κ2) is 5.24. The summed E-state index contributed by atoms with van der Waals surface area (Å²) >= 11 is 5.88. The molecule has 15 heavy (non-hydrogen) atoms. The molecule has 0 unspecified atom stereocenters. The van der Waals surface area contributed by atoms with Crippen LogP contribution in [0.3, 0.4) is 0 Å². The van der Waals surface area contributed by atoms with Gasteiger partial charge in [0.25, 0.3) is 0 Å². The number of rotatable bonds is 4. The standard InChI is InChI=1S/C11H16ClNO2/c1-4-13(2)7-8-5-9(12)11(14)10(6-8)15-3/h5-6,14H,4,7H2,1-3H3. The van der Waals surface area contributed by atoms with Crippen LogP contribution in [-0.2, 0) is 6.54 Å². The average molecular weight is 230 g/mol. The van der Waals surface area contributed by atoms with Crippen molar-refractivity contribution in [2.75, 3.05) is 20.7 Å². The van der Waals surface area contributed by atoms with Crippen LogP contribution in [0.4, 0.5) is 0 Å². The summed E-state index contributed by atoms with van der Waals surface area (Å²) in [6, 6.07) is 3.55. The minimum atomic E-state index is 0.00191. The van der Waals surface area contributed by atoms with Gasteiger partial charge in [0.1, 0.15) is 0 Å². The van der Waals surface area contributed by atoms with E-state index in [1.807, 2.05) is 7.05 Å². The third kappa shape index (κ3) is 3.01. The van der Waals surface area contributed by atoms with Gasteiger partial charge in [-0.3, -0.25) is 0 Å². The number of benzene rings is 1. The van der Waals surface area contributed by atoms with E-state index in [0.717, 1.165) is 18.7 Å². The Bertz CT molecular complexity index is 342. The summed E-state index contributed by atoms with van der Waals surface area (Å²) in [6.07, 6.45) is 0. The van der Waals surface area contributed by atoms with Gasteiger partial charge in [-0.1, -0.05) is 18.5 Å². The molecule has 0 fully saturated rings. The molecule has 0 aliphatic rings. The van der Waals surface area contributed by atoms with Crippen molar-refractivity contribution in [2.24, 2.45) is 0 Å². The highest BCUT2D eigenvalue weighted by Crippen LogP contribution is 2.35. The van der Waals surface area contributed by atoms with Crippen LogP contribution in [0.2, 0.25) is 5.02 Å². The maximum Gasteiger partial charge on any atom is 0.176 e. The molecule has 0 spiro atoms. The van der Waals surface area contributed by atoms with Crippen LogP contribution < -0.4 is 4.74 Å². The zero-order chi connectivity index (χ0) is 11.4. The highest BCUT2D eigenvalue weighted by Gasteiger charge is 2.09. The first kappa shape index (κ1) is 12.1. The number of hydrogen-bond acceptors (Lipinski definition) is 3. The molecule has 0 aromatic heterocycles. The number of methoxy groups -OCH3 is 1. The Morgan fingerprint density at radius 2 is 2.13 bits per heavy atom. The highest BCUT2D eigenvalue weighted by molar-refractivity contribution is 6.32. The fraction of sp³-hybridized carbons (Fsp3) is 0.455. The number of phenolic OH excluding ortho intramolecular Hbond substituents is 1. The Morgan fingerprint density at radius 1 is 1.47 bits per heavy atom. The van der Waals surface area contributed by atoms with E-state index in [2.05, 4.69) is 11.8 Å². The Balaban J connectivity index is 2.95. The van der Waals surface area contributed by atoms with Gasteiger partial charge in [0, 0.05) is 6.54 Å². The molecule has 84 valence electrons. The maximum absolute atomic E-state index is 9.54. The van der Waals surface area contributed by atoms with E-state index >= 15 is 0 Å². The van der Waals surface area contributed by atoms with Crippen molar-refractivity contribution in [3.63, 3.8) is 0 Å². The molecule has 0 aliphatic heterocycles. The average Bonchev–Trinajstić information content (AvgIpc) is 2.22. The summed E-state index contributed by atoms with van der Waals surface area (Å²) in [7, 11) is 3.53. The second-order valence-corrected chi connectivity index (χ2v) is 3.87. The summed E-state index contributed by atoms with van der Waals surface area (Å²) in [5.74, 6) is 0.420. The first-order chi connectivity index (χ1) is 7.08. The Labute approximate surface area is 95.2 Å². The fourth-order valence-corrected chi connectivity index (χ4v) is 1.53. The van der Waals surface area contributed by atoms with E-state index in [-0.39, 0.29) is 5.75 Å². The normalized spacial score (nSPS) is 10.7. The van der Waals surface area contributed by atoms with Crippen LogP contribution >= 0.6 is 11.6 Å². The number of hydrogen-bond donors (Lipinski definition) is 1. The number of halogens is 1. The van der Waals surface area contributed by atoms with Gasteiger partial charge in [-0.15, -0.1) is 0 Å². The van der Waals surface area contributed by atoms with Gasteiger partial charge in [-0.2, -0.15) is 0 Å². The van der Waals surface area contributed by atoms with Crippen LogP contribution in [0.15, 0.2) is 12.1 Å². The van der Waals surface area contributed by atoms with Gasteiger partial charge in [-0.25, -0.2) is 0 Å². The molecule has 4 heteroatoms. The van der Waals surface area contributed by atoms with Gasteiger partial charge >= 0.3 is 0 Å². The summed E-state index contributed by atoms with van der Waals surface area (Å²) in [6.45, 7) is 3.83. The van der Waals surface area contributed by atoms with E-state index in [4.69, 9.17) is 16.3 Å². The zero-order valence-corrected chi connectivity index (χ0v) is 10.0. The number of aromatic hydroxyl groups is 1. The Morgan fingerprint density at radius 3 is 2.67 bits per heavy atom. The first-order valence-corrected chi connectivity index (χ1v) is 5.20. The van der Waals surface area contributed by atoms with Gasteiger partial charge in [0.2, 0.25) is 0 Å². The van der Waals surface area contributed by atoms with Gasteiger partial charge in [0.05, 0.1) is 12.1 Å². The second-order valence-electron chi connectivity index (χ2n) is 3.46. The van der Waals surface area contributed by atoms with Crippen molar-refractivity contribution in [3.05, 3.63) is 22.7 Å². The molecule has 0 amide bonds. The van der Waals surface area contributed by atoms with E-state index < -0.39 is 0 Å². The molecule has 0 heterocycles. The molecule has 0 atom stereocenters. The molecule has 0 saturated heterocycles. The Hall–Kier alpha value is -0.930. The van der Waals surface area contributed by atoms with Crippen LogP contribution in [0, 0.1) is 0 Å². The first-order valence-electron chi connectivity index (χ1n) is 4.82. The number of nitrogens with zero attached hydrogens (tertiary/aromatic N) is 1. The molecule has 1 rings (SSSR count). The minimum Gasteiger partial charge on any atom is -0.503 e. The van der Waals surface area contributed by atoms with Crippen molar-refractivity contribution in [3.8, 4) is 11.5 Å². The monoisotopic (exact) mass is 229 g/mol. The number of phenols is 1. The Kier molecular flexibility index (Phi) is 4.24. The minimum absolute atomic E-state index is 0.00191. The third-order valence-corrected chi connectivity index (χ3v) is 2.59. The predicted octanol–water partition coefficient (Wildman–Crippen LogP) is 2.51. The molecule has 0 bridgehead atoms. The molecule has 0 saturated carbocycles. The van der Waals surface area contributed by atoms with E-state index in [1.54, 1.807) is 12.1 Å². The van der Waals surface area contributed by atoms with Gasteiger partial charge in [-0.05, 0) is 31.3 Å². The number of ether oxygens (including phenoxy) is 1. The molecule has 0 aliphatic carbocycles. The van der Waals surface area contributed by atoms with E-state index in [0.29, 0.717) is 10.8 Å². The van der Waals surface area contributed by atoms with Crippen LogP contribution in [0.1, 0.15) is 12.5 Å². The summed E-state index contributed by atoms with van der Waals surface area (Å²) in [5.41, 5.74) is 1.03. The molecule has 3 nitrogen and oxygen atoms in total. The highest BCUT2D eigenvalue weighted by atomic mass is 35.5. The zero-order valence-electron chi connectivity index (χ0n) is 9.25. The van der Waals surface area contributed by atoms with E-state index in [1.165, 1.54) is 7.11 Å². The van der Waals surface area contributed by atoms with Crippen molar-refractivity contribution in [2.45, 2.75) is 13.5 Å².